The van der Waals surface area contributed by atoms with Crippen LogP contribution < -0.4 is 11.1 Å². The fourth-order valence-electron chi connectivity index (χ4n) is 4.11. The Balaban J connectivity index is 1.31. The minimum absolute atomic E-state index is 0.0403. The molecule has 1 atom stereocenters. The van der Waals surface area contributed by atoms with Crippen molar-refractivity contribution in [1.82, 2.24) is 34.1 Å². The Labute approximate surface area is 174 Å². The monoisotopic (exact) mass is 427 g/mol. The van der Waals surface area contributed by atoms with Crippen LogP contribution in [0.3, 0.4) is 0 Å². The van der Waals surface area contributed by atoms with Gasteiger partial charge in [0.05, 0.1) is 31.5 Å². The summed E-state index contributed by atoms with van der Waals surface area (Å²) in [6.45, 7) is 0.854. The van der Waals surface area contributed by atoms with Gasteiger partial charge >= 0.3 is 0 Å². The van der Waals surface area contributed by atoms with E-state index in [4.69, 9.17) is 10.5 Å². The van der Waals surface area contributed by atoms with E-state index in [-0.39, 0.29) is 30.9 Å². The van der Waals surface area contributed by atoms with E-state index in [1.807, 2.05) is 18.2 Å². The fourth-order valence-corrected chi connectivity index (χ4v) is 4.11. The van der Waals surface area contributed by atoms with Gasteiger partial charge in [-0.2, -0.15) is 10.1 Å². The second kappa shape index (κ2) is 6.56. The van der Waals surface area contributed by atoms with Gasteiger partial charge in [0.2, 0.25) is 5.95 Å². The van der Waals surface area contributed by atoms with Crippen LogP contribution in [0.4, 0.5) is 20.5 Å². The number of nitrogen functional groups attached to an aromatic ring is 1. The van der Waals surface area contributed by atoms with Gasteiger partial charge in [0.25, 0.3) is 5.92 Å². The maximum absolute atomic E-state index is 14.6. The van der Waals surface area contributed by atoms with E-state index in [2.05, 4.69) is 25.5 Å². The molecule has 0 radical (unpaired) electrons. The number of halogens is 2. The lowest BCUT2D eigenvalue weighted by Crippen LogP contribution is -2.48. The van der Waals surface area contributed by atoms with Crippen molar-refractivity contribution in [1.29, 1.82) is 0 Å². The third-order valence-electron chi connectivity index (χ3n) is 5.85. The SMILES string of the molecule is Nc1nc(N[C@@H]2CN(C3COC3)CC2(F)F)nn2ccc(-c3ccc4nccn4n3)c12. The van der Waals surface area contributed by atoms with Gasteiger partial charge < -0.3 is 15.8 Å². The third-order valence-corrected chi connectivity index (χ3v) is 5.85. The van der Waals surface area contributed by atoms with Crippen molar-refractivity contribution in [2.24, 2.45) is 0 Å². The molecule has 2 aliphatic rings. The Morgan fingerprint density at radius 1 is 1.13 bits per heavy atom. The van der Waals surface area contributed by atoms with E-state index in [1.165, 1.54) is 4.52 Å². The maximum atomic E-state index is 14.6. The number of anilines is 2. The van der Waals surface area contributed by atoms with Crippen molar-refractivity contribution in [3.8, 4) is 11.3 Å². The molecule has 0 spiro atoms. The number of ether oxygens (including phenoxy) is 1. The highest BCUT2D eigenvalue weighted by Gasteiger charge is 2.51. The molecule has 31 heavy (non-hydrogen) atoms. The number of nitrogens with zero attached hydrogens (tertiary/aromatic N) is 7. The van der Waals surface area contributed by atoms with Gasteiger partial charge in [-0.25, -0.2) is 22.8 Å². The van der Waals surface area contributed by atoms with Gasteiger partial charge in [-0.1, -0.05) is 0 Å². The summed E-state index contributed by atoms with van der Waals surface area (Å²) in [4.78, 5) is 10.2. The average molecular weight is 427 g/mol. The lowest BCUT2D eigenvalue weighted by molar-refractivity contribution is -0.0711. The highest BCUT2D eigenvalue weighted by molar-refractivity contribution is 5.86. The third kappa shape index (κ3) is 2.98. The Hall–Kier alpha value is -3.38. The summed E-state index contributed by atoms with van der Waals surface area (Å²) in [5.41, 5.74) is 8.90. The summed E-state index contributed by atoms with van der Waals surface area (Å²) >= 11 is 0. The van der Waals surface area contributed by atoms with Crippen LogP contribution >= 0.6 is 0 Å². The summed E-state index contributed by atoms with van der Waals surface area (Å²) in [6, 6.07) is 4.43. The van der Waals surface area contributed by atoms with Crippen LogP contribution in [0, 0.1) is 0 Å². The van der Waals surface area contributed by atoms with Crippen LogP contribution in [0.15, 0.2) is 36.8 Å². The molecule has 160 valence electrons. The molecule has 6 heterocycles. The number of aromatic nitrogens is 6. The molecular formula is C19H19F2N9O. The summed E-state index contributed by atoms with van der Waals surface area (Å²) in [5, 5.41) is 11.7. The molecule has 0 aliphatic carbocycles. The van der Waals surface area contributed by atoms with Gasteiger partial charge in [0, 0.05) is 30.7 Å². The molecule has 0 unspecified atom stereocenters. The molecule has 0 saturated carbocycles. The van der Waals surface area contributed by atoms with Crippen LogP contribution in [-0.4, -0.2) is 78.4 Å². The predicted molar refractivity (Wildman–Crippen MR) is 108 cm³/mol. The fraction of sp³-hybridized carbons (Fsp3) is 0.368. The van der Waals surface area contributed by atoms with E-state index < -0.39 is 12.0 Å². The molecular weight excluding hydrogens is 408 g/mol. The first kappa shape index (κ1) is 18.4. The van der Waals surface area contributed by atoms with E-state index >= 15 is 0 Å². The second-order valence-electron chi connectivity index (χ2n) is 7.87. The summed E-state index contributed by atoms with van der Waals surface area (Å²) in [7, 11) is 0. The first-order valence-electron chi connectivity index (χ1n) is 9.90. The molecule has 4 aromatic rings. The number of fused-ring (bicyclic) bond motifs is 2. The standard InChI is InChI=1S/C19H19F2N9O/c20-19(21)10-28(11-8-31-9-11)7-14(19)24-18-25-17(22)16-12(3-5-30(16)27-18)13-1-2-15-23-4-6-29(15)26-13/h1-6,11,14H,7-10H2,(H3,22,24,25,27)/t14-/m1/s1. The number of nitrogens with one attached hydrogen (secondary N) is 1. The van der Waals surface area contributed by atoms with Crippen molar-refractivity contribution >= 4 is 22.9 Å². The Kier molecular flexibility index (Phi) is 3.89. The molecule has 2 aliphatic heterocycles. The smallest absolute Gasteiger partial charge is 0.281 e. The average Bonchev–Trinajstić information content (AvgIpc) is 3.37. The number of nitrogens with two attached hydrogens (primary N) is 1. The normalized spacial score (nSPS) is 21.7. The molecule has 4 aromatic heterocycles. The van der Waals surface area contributed by atoms with Gasteiger partial charge in [-0.15, -0.1) is 5.10 Å². The lowest BCUT2D eigenvalue weighted by atomic mass is 10.2. The Morgan fingerprint density at radius 3 is 2.81 bits per heavy atom. The first-order chi connectivity index (χ1) is 15.0. The van der Waals surface area contributed by atoms with Crippen molar-refractivity contribution in [2.75, 3.05) is 37.4 Å². The lowest BCUT2D eigenvalue weighted by Gasteiger charge is -2.34. The Bertz CT molecular complexity index is 1280. The predicted octanol–water partition coefficient (Wildman–Crippen LogP) is 1.15. The Morgan fingerprint density at radius 2 is 2.00 bits per heavy atom. The first-order valence-corrected chi connectivity index (χ1v) is 9.90. The zero-order chi connectivity index (χ0) is 21.2. The molecule has 0 amide bonds. The van der Waals surface area contributed by atoms with Crippen molar-refractivity contribution < 1.29 is 13.5 Å². The van der Waals surface area contributed by atoms with E-state index in [0.717, 1.165) is 11.2 Å². The van der Waals surface area contributed by atoms with E-state index in [9.17, 15) is 8.78 Å². The van der Waals surface area contributed by atoms with Crippen molar-refractivity contribution in [2.45, 2.75) is 18.0 Å². The number of hydrogen-bond acceptors (Lipinski definition) is 8. The quantitative estimate of drug-likeness (QED) is 0.499. The number of likely N-dealkylation sites (tertiary alicyclic amines) is 1. The number of imidazole rings is 1. The van der Waals surface area contributed by atoms with Crippen LogP contribution in [0.2, 0.25) is 0 Å². The zero-order valence-corrected chi connectivity index (χ0v) is 16.3. The highest BCUT2D eigenvalue weighted by atomic mass is 19.3. The topological polar surface area (TPSA) is 111 Å². The molecule has 6 rings (SSSR count). The molecule has 0 aromatic carbocycles. The van der Waals surface area contributed by atoms with Gasteiger partial charge in [0.15, 0.2) is 11.5 Å². The molecule has 0 bridgehead atoms. The van der Waals surface area contributed by atoms with Crippen LogP contribution in [0.5, 0.6) is 0 Å². The van der Waals surface area contributed by atoms with E-state index in [1.54, 1.807) is 28.0 Å². The number of hydrogen-bond donors (Lipinski definition) is 2. The zero-order valence-electron chi connectivity index (χ0n) is 16.3. The summed E-state index contributed by atoms with van der Waals surface area (Å²) in [5.74, 6) is -2.67. The summed E-state index contributed by atoms with van der Waals surface area (Å²) < 4.78 is 37.4. The molecule has 2 saturated heterocycles. The van der Waals surface area contributed by atoms with Crippen molar-refractivity contribution in [3.05, 3.63) is 36.8 Å². The van der Waals surface area contributed by atoms with Crippen molar-refractivity contribution in [3.63, 3.8) is 0 Å². The molecule has 10 nitrogen and oxygen atoms in total. The minimum atomic E-state index is -2.91. The van der Waals surface area contributed by atoms with Crippen LogP contribution in [-0.2, 0) is 4.74 Å². The second-order valence-corrected chi connectivity index (χ2v) is 7.87. The molecule has 12 heteroatoms. The molecule has 2 fully saturated rings. The molecule has 3 N–H and O–H groups in total. The summed E-state index contributed by atoms with van der Waals surface area (Å²) in [6.07, 6.45) is 5.12. The number of rotatable bonds is 4. The van der Waals surface area contributed by atoms with E-state index in [0.29, 0.717) is 24.4 Å². The van der Waals surface area contributed by atoms with Crippen LogP contribution in [0.1, 0.15) is 0 Å². The van der Waals surface area contributed by atoms with Gasteiger partial charge in [0.1, 0.15) is 11.6 Å². The van der Waals surface area contributed by atoms with Gasteiger partial charge in [-0.05, 0) is 18.2 Å². The minimum Gasteiger partial charge on any atom is -0.382 e. The number of alkyl halides is 2. The van der Waals surface area contributed by atoms with Gasteiger partial charge in [-0.3, -0.25) is 4.90 Å². The highest BCUT2D eigenvalue weighted by Crippen LogP contribution is 2.33. The maximum Gasteiger partial charge on any atom is 0.281 e. The van der Waals surface area contributed by atoms with Crippen LogP contribution in [0.25, 0.3) is 22.4 Å². The largest absolute Gasteiger partial charge is 0.382 e.